The topological polar surface area (TPSA) is 30.5 Å². The molecule has 1 N–H and O–H groups in total. The van der Waals surface area contributed by atoms with E-state index in [-0.39, 0.29) is 5.60 Å². The van der Waals surface area contributed by atoms with Crippen molar-refractivity contribution in [2.75, 3.05) is 26.8 Å². The maximum Gasteiger partial charge on any atom is 0.125 e. The summed E-state index contributed by atoms with van der Waals surface area (Å²) in [6, 6.07) is 8.16. The van der Waals surface area contributed by atoms with Crippen LogP contribution in [-0.2, 0) is 10.3 Å². The van der Waals surface area contributed by atoms with Crippen LogP contribution in [0.3, 0.4) is 0 Å². The minimum Gasteiger partial charge on any atom is -0.496 e. The molecule has 0 spiro atoms. The molecule has 1 aromatic rings. The third kappa shape index (κ3) is 2.45. The smallest absolute Gasteiger partial charge is 0.125 e. The highest BCUT2D eigenvalue weighted by atomic mass is 16.5. The second-order valence-corrected chi connectivity index (χ2v) is 4.47. The van der Waals surface area contributed by atoms with Gasteiger partial charge in [0.25, 0.3) is 0 Å². The van der Waals surface area contributed by atoms with E-state index in [1.54, 1.807) is 7.11 Å². The number of ether oxygens (including phenoxy) is 2. The second-order valence-electron chi connectivity index (χ2n) is 4.47. The van der Waals surface area contributed by atoms with Crippen LogP contribution in [-0.4, -0.2) is 26.8 Å². The molecule has 1 saturated heterocycles. The van der Waals surface area contributed by atoms with Crippen molar-refractivity contribution in [3.63, 3.8) is 0 Å². The molecule has 2 rings (SSSR count). The Kier molecular flexibility index (Phi) is 4.02. The number of para-hydroxylation sites is 1. The fraction of sp³-hybridized carbons (Fsp3) is 0.571. The highest BCUT2D eigenvalue weighted by Crippen LogP contribution is 2.37. The maximum absolute atomic E-state index is 6.09. The third-order valence-electron chi connectivity index (χ3n) is 3.32. The quantitative estimate of drug-likeness (QED) is 0.868. The zero-order valence-electron chi connectivity index (χ0n) is 10.7. The number of hydrogen-bond acceptors (Lipinski definition) is 3. The standard InChI is InChI=1S/C14H21NO2/c1-3-8-14(11-15-9-10-17-14)12-6-4-5-7-13(12)16-2/h4-7,15H,3,8-11H2,1-2H3. The predicted molar refractivity (Wildman–Crippen MR) is 68.4 cm³/mol. The molecular weight excluding hydrogens is 214 g/mol. The fourth-order valence-electron chi connectivity index (χ4n) is 2.55. The molecule has 0 saturated carbocycles. The van der Waals surface area contributed by atoms with E-state index < -0.39 is 0 Å². The summed E-state index contributed by atoms with van der Waals surface area (Å²) in [7, 11) is 1.72. The van der Waals surface area contributed by atoms with E-state index in [0.717, 1.165) is 43.9 Å². The van der Waals surface area contributed by atoms with Crippen LogP contribution in [0, 0.1) is 0 Å². The van der Waals surface area contributed by atoms with Crippen molar-refractivity contribution in [2.45, 2.75) is 25.4 Å². The molecule has 1 fully saturated rings. The molecule has 0 amide bonds. The van der Waals surface area contributed by atoms with Gasteiger partial charge in [0.2, 0.25) is 0 Å². The van der Waals surface area contributed by atoms with E-state index in [4.69, 9.17) is 9.47 Å². The van der Waals surface area contributed by atoms with E-state index in [9.17, 15) is 0 Å². The first-order valence-electron chi connectivity index (χ1n) is 6.30. The van der Waals surface area contributed by atoms with Crippen molar-refractivity contribution in [3.05, 3.63) is 29.8 Å². The number of methoxy groups -OCH3 is 1. The van der Waals surface area contributed by atoms with Gasteiger partial charge in [-0.05, 0) is 12.5 Å². The lowest BCUT2D eigenvalue weighted by Crippen LogP contribution is -2.47. The predicted octanol–water partition coefficient (Wildman–Crippen LogP) is 2.31. The van der Waals surface area contributed by atoms with Gasteiger partial charge in [0, 0.05) is 18.7 Å². The number of nitrogens with one attached hydrogen (secondary N) is 1. The molecule has 1 aliphatic heterocycles. The summed E-state index contributed by atoms with van der Waals surface area (Å²) in [4.78, 5) is 0. The van der Waals surface area contributed by atoms with Crippen LogP contribution in [0.2, 0.25) is 0 Å². The Hall–Kier alpha value is -1.06. The van der Waals surface area contributed by atoms with Gasteiger partial charge in [-0.25, -0.2) is 0 Å². The summed E-state index contributed by atoms with van der Waals surface area (Å²) < 4.78 is 11.6. The molecule has 17 heavy (non-hydrogen) atoms. The first-order valence-corrected chi connectivity index (χ1v) is 6.30. The second kappa shape index (κ2) is 5.52. The Labute approximate surface area is 103 Å². The molecular formula is C14H21NO2. The van der Waals surface area contributed by atoms with Crippen LogP contribution in [0.4, 0.5) is 0 Å². The van der Waals surface area contributed by atoms with Gasteiger partial charge in [-0.3, -0.25) is 0 Å². The third-order valence-corrected chi connectivity index (χ3v) is 3.32. The SMILES string of the molecule is CCCC1(c2ccccc2OC)CNCCO1. The van der Waals surface area contributed by atoms with Gasteiger partial charge >= 0.3 is 0 Å². The van der Waals surface area contributed by atoms with Crippen LogP contribution >= 0.6 is 0 Å². The molecule has 0 bridgehead atoms. The molecule has 1 unspecified atom stereocenters. The highest BCUT2D eigenvalue weighted by molar-refractivity contribution is 5.38. The van der Waals surface area contributed by atoms with Gasteiger partial charge in [-0.15, -0.1) is 0 Å². The summed E-state index contributed by atoms with van der Waals surface area (Å²) in [6.07, 6.45) is 2.11. The highest BCUT2D eigenvalue weighted by Gasteiger charge is 2.36. The van der Waals surface area contributed by atoms with Gasteiger partial charge < -0.3 is 14.8 Å². The van der Waals surface area contributed by atoms with E-state index in [1.165, 1.54) is 0 Å². The average molecular weight is 235 g/mol. The molecule has 1 aromatic carbocycles. The van der Waals surface area contributed by atoms with E-state index in [0.29, 0.717) is 0 Å². The van der Waals surface area contributed by atoms with Gasteiger partial charge in [0.05, 0.1) is 13.7 Å². The summed E-state index contributed by atoms with van der Waals surface area (Å²) in [5.41, 5.74) is 0.941. The Morgan fingerprint density at radius 2 is 2.24 bits per heavy atom. The number of benzene rings is 1. The zero-order chi connectivity index (χ0) is 12.1. The van der Waals surface area contributed by atoms with Crippen molar-refractivity contribution in [2.24, 2.45) is 0 Å². The Bertz CT molecular complexity index is 353. The zero-order valence-corrected chi connectivity index (χ0v) is 10.7. The minimum absolute atomic E-state index is 0.223. The molecule has 1 aliphatic rings. The molecule has 94 valence electrons. The van der Waals surface area contributed by atoms with E-state index in [1.807, 2.05) is 18.2 Å². The van der Waals surface area contributed by atoms with Gasteiger partial charge in [0.1, 0.15) is 11.4 Å². The molecule has 1 heterocycles. The van der Waals surface area contributed by atoms with Gasteiger partial charge in [-0.2, -0.15) is 0 Å². The Balaban J connectivity index is 2.37. The average Bonchev–Trinajstić information content (AvgIpc) is 2.40. The van der Waals surface area contributed by atoms with Gasteiger partial charge in [-0.1, -0.05) is 31.5 Å². The maximum atomic E-state index is 6.09. The first-order chi connectivity index (χ1) is 8.32. The summed E-state index contributed by atoms with van der Waals surface area (Å²) in [5.74, 6) is 0.921. The lowest BCUT2D eigenvalue weighted by Gasteiger charge is -2.38. The molecule has 1 atom stereocenters. The molecule has 0 radical (unpaired) electrons. The van der Waals surface area contributed by atoms with Crippen LogP contribution < -0.4 is 10.1 Å². The van der Waals surface area contributed by atoms with E-state index >= 15 is 0 Å². The minimum atomic E-state index is -0.223. The van der Waals surface area contributed by atoms with Crippen molar-refractivity contribution < 1.29 is 9.47 Å². The van der Waals surface area contributed by atoms with Crippen LogP contribution in [0.5, 0.6) is 5.75 Å². The summed E-state index contributed by atoms with van der Waals surface area (Å²) >= 11 is 0. The van der Waals surface area contributed by atoms with Crippen LogP contribution in [0.1, 0.15) is 25.3 Å². The lowest BCUT2D eigenvalue weighted by atomic mass is 9.87. The molecule has 3 heteroatoms. The van der Waals surface area contributed by atoms with Crippen LogP contribution in [0.15, 0.2) is 24.3 Å². The normalized spacial score (nSPS) is 24.6. The van der Waals surface area contributed by atoms with Crippen molar-refractivity contribution in [1.29, 1.82) is 0 Å². The molecule has 0 aliphatic carbocycles. The first kappa shape index (κ1) is 12.4. The monoisotopic (exact) mass is 235 g/mol. The van der Waals surface area contributed by atoms with Crippen molar-refractivity contribution in [3.8, 4) is 5.75 Å². The van der Waals surface area contributed by atoms with Crippen molar-refractivity contribution in [1.82, 2.24) is 5.32 Å². The van der Waals surface area contributed by atoms with E-state index in [2.05, 4.69) is 18.3 Å². The number of morpholine rings is 1. The molecule has 3 nitrogen and oxygen atoms in total. The number of rotatable bonds is 4. The van der Waals surface area contributed by atoms with Crippen molar-refractivity contribution >= 4 is 0 Å². The summed E-state index contributed by atoms with van der Waals surface area (Å²) in [5, 5.41) is 3.43. The number of hydrogen-bond donors (Lipinski definition) is 1. The molecule has 0 aromatic heterocycles. The Morgan fingerprint density at radius 3 is 2.88 bits per heavy atom. The lowest BCUT2D eigenvalue weighted by molar-refractivity contribution is -0.0783. The van der Waals surface area contributed by atoms with Crippen LogP contribution in [0.25, 0.3) is 0 Å². The fourth-order valence-corrected chi connectivity index (χ4v) is 2.55. The summed E-state index contributed by atoms with van der Waals surface area (Å²) in [6.45, 7) is 4.75. The largest absolute Gasteiger partial charge is 0.496 e. The van der Waals surface area contributed by atoms with Gasteiger partial charge in [0.15, 0.2) is 0 Å². The Morgan fingerprint density at radius 1 is 1.41 bits per heavy atom.